The van der Waals surface area contributed by atoms with E-state index in [-0.39, 0.29) is 19.4 Å². The monoisotopic (exact) mass is 835 g/mol. The Bertz CT molecular complexity index is 1240. The van der Waals surface area contributed by atoms with Gasteiger partial charge in [0.05, 0.1) is 19.8 Å². The van der Waals surface area contributed by atoms with Gasteiger partial charge in [0.25, 0.3) is 0 Å². The molecule has 0 aliphatic carbocycles. The number of allylic oxidation sites excluding steroid dienone is 14. The summed E-state index contributed by atoms with van der Waals surface area (Å²) >= 11 is 0. The number of aliphatic hydroxyl groups is 2. The van der Waals surface area contributed by atoms with E-state index in [0.29, 0.717) is 12.8 Å². The Balaban J connectivity index is 4.26. The second kappa shape index (κ2) is 42.3. The highest BCUT2D eigenvalue weighted by atomic mass is 31.2. The van der Waals surface area contributed by atoms with E-state index in [1.54, 1.807) is 0 Å². The van der Waals surface area contributed by atoms with Gasteiger partial charge in [-0.05, 0) is 70.6 Å². The second-order valence-electron chi connectivity index (χ2n) is 14.4. The summed E-state index contributed by atoms with van der Waals surface area (Å²) < 4.78 is 32.7. The molecule has 0 amide bonds. The molecule has 2 unspecified atom stereocenters. The minimum absolute atomic E-state index is 0.155. The van der Waals surface area contributed by atoms with Gasteiger partial charge < -0.3 is 24.6 Å². The molecule has 3 N–H and O–H groups in total. The van der Waals surface area contributed by atoms with E-state index < -0.39 is 51.8 Å². The maximum atomic E-state index is 12.6. The van der Waals surface area contributed by atoms with Gasteiger partial charge in [-0.1, -0.05) is 163 Å². The summed E-state index contributed by atoms with van der Waals surface area (Å²) in [6.45, 7) is 2.08. The number of phosphoric ester groups is 1. The molecule has 11 heteroatoms. The van der Waals surface area contributed by atoms with Crippen molar-refractivity contribution in [1.29, 1.82) is 0 Å². The molecule has 0 saturated heterocycles. The molecule has 0 saturated carbocycles. The van der Waals surface area contributed by atoms with E-state index in [1.165, 1.54) is 32.1 Å². The van der Waals surface area contributed by atoms with E-state index in [1.807, 2.05) is 24.3 Å². The minimum Gasteiger partial charge on any atom is -0.462 e. The van der Waals surface area contributed by atoms with Crippen LogP contribution in [-0.2, 0) is 32.7 Å². The zero-order valence-corrected chi connectivity index (χ0v) is 36.9. The average molecular weight is 835 g/mol. The van der Waals surface area contributed by atoms with Crippen molar-refractivity contribution in [2.75, 3.05) is 26.4 Å². The van der Waals surface area contributed by atoms with Crippen LogP contribution in [0.15, 0.2) is 85.1 Å². The van der Waals surface area contributed by atoms with Crippen LogP contribution in [0.1, 0.15) is 162 Å². The first-order chi connectivity index (χ1) is 28.2. The zero-order valence-electron chi connectivity index (χ0n) is 36.0. The molecule has 3 atom stereocenters. The number of hydrogen-bond acceptors (Lipinski definition) is 9. The highest BCUT2D eigenvalue weighted by Gasteiger charge is 2.27. The molecular weight excluding hydrogens is 755 g/mol. The van der Waals surface area contributed by atoms with Crippen molar-refractivity contribution in [2.45, 2.75) is 174 Å². The summed E-state index contributed by atoms with van der Waals surface area (Å²) in [6.07, 6.45) is 49.8. The number of carbonyl (C=O) groups is 2. The van der Waals surface area contributed by atoms with Gasteiger partial charge in [-0.2, -0.15) is 0 Å². The standard InChI is InChI=1S/C47H79O10P/c1-3-5-7-9-11-13-15-17-18-19-20-21-22-23-24-25-27-28-30-32-34-36-38-46(50)54-42-45(43-56-58(52,53)55-41-44(49)40-48)57-47(51)39-37-35-33-31-29-26-16-14-12-10-8-6-4-2/h5-8,10-14,16-18,20-21,44-45,48-49H,3-4,9,15,19,22-43H2,1-2H3,(H,52,53)/b7-5+,8-6+,12-10+,13-11+,16-14+,18-17+,21-20+/t44-,45?/m1/s1. The van der Waals surface area contributed by atoms with Gasteiger partial charge in [-0.25, -0.2) is 4.57 Å². The van der Waals surface area contributed by atoms with Gasteiger partial charge in [0.15, 0.2) is 6.10 Å². The van der Waals surface area contributed by atoms with Gasteiger partial charge in [0.2, 0.25) is 0 Å². The largest absolute Gasteiger partial charge is 0.472 e. The second-order valence-corrected chi connectivity index (χ2v) is 15.8. The lowest BCUT2D eigenvalue weighted by Crippen LogP contribution is -2.29. The van der Waals surface area contributed by atoms with Crippen LogP contribution in [0.25, 0.3) is 0 Å². The van der Waals surface area contributed by atoms with Crippen LogP contribution in [0.4, 0.5) is 0 Å². The number of aliphatic hydroxyl groups excluding tert-OH is 2. The van der Waals surface area contributed by atoms with E-state index in [2.05, 4.69) is 79.1 Å². The third-order valence-corrected chi connectivity index (χ3v) is 9.81. The molecular formula is C47H79O10P. The smallest absolute Gasteiger partial charge is 0.462 e. The predicted molar refractivity (Wildman–Crippen MR) is 237 cm³/mol. The van der Waals surface area contributed by atoms with Gasteiger partial charge >= 0.3 is 19.8 Å². The first-order valence-corrected chi connectivity index (χ1v) is 23.6. The summed E-state index contributed by atoms with van der Waals surface area (Å²) in [6, 6.07) is 0. The van der Waals surface area contributed by atoms with Crippen LogP contribution >= 0.6 is 7.82 Å². The maximum absolute atomic E-state index is 12.6. The Morgan fingerprint density at radius 2 is 0.983 bits per heavy atom. The Morgan fingerprint density at radius 3 is 1.53 bits per heavy atom. The third-order valence-electron chi connectivity index (χ3n) is 8.86. The number of rotatable bonds is 40. The molecule has 0 spiro atoms. The molecule has 0 aromatic rings. The van der Waals surface area contributed by atoms with Gasteiger partial charge in [-0.15, -0.1) is 0 Å². The van der Waals surface area contributed by atoms with Crippen molar-refractivity contribution in [3.8, 4) is 0 Å². The average Bonchev–Trinajstić information content (AvgIpc) is 3.21. The fraction of sp³-hybridized carbons (Fsp3) is 0.660. The zero-order chi connectivity index (χ0) is 42.6. The van der Waals surface area contributed by atoms with E-state index >= 15 is 0 Å². The molecule has 0 aliphatic heterocycles. The maximum Gasteiger partial charge on any atom is 0.472 e. The topological polar surface area (TPSA) is 149 Å². The van der Waals surface area contributed by atoms with Crippen LogP contribution in [0, 0.1) is 0 Å². The van der Waals surface area contributed by atoms with Crippen LogP contribution < -0.4 is 0 Å². The number of phosphoric acid groups is 1. The molecule has 0 aromatic carbocycles. The highest BCUT2D eigenvalue weighted by molar-refractivity contribution is 7.47. The first-order valence-electron chi connectivity index (χ1n) is 22.1. The molecule has 0 fully saturated rings. The minimum atomic E-state index is -4.63. The lowest BCUT2D eigenvalue weighted by molar-refractivity contribution is -0.161. The Labute approximate surface area is 351 Å². The SMILES string of the molecule is CC/C=C/C=C/C=C/CCCCCCCC(=O)OC(COC(=O)CCCCCCCCCCC/C=C/C/C=C/C/C=C/C/C=C/CC)COP(=O)(O)OC[C@H](O)CO. The fourth-order valence-corrected chi connectivity index (χ4v) is 6.30. The van der Waals surface area contributed by atoms with Crippen molar-refractivity contribution in [2.24, 2.45) is 0 Å². The normalized spacial score (nSPS) is 14.6. The molecule has 10 nitrogen and oxygen atoms in total. The van der Waals surface area contributed by atoms with Gasteiger partial charge in [0, 0.05) is 12.8 Å². The molecule has 58 heavy (non-hydrogen) atoms. The molecule has 0 radical (unpaired) electrons. The van der Waals surface area contributed by atoms with Crippen LogP contribution in [0.3, 0.4) is 0 Å². The van der Waals surface area contributed by atoms with Crippen molar-refractivity contribution in [3.63, 3.8) is 0 Å². The van der Waals surface area contributed by atoms with Crippen molar-refractivity contribution >= 4 is 19.8 Å². The number of hydrogen-bond donors (Lipinski definition) is 3. The van der Waals surface area contributed by atoms with E-state index in [4.69, 9.17) is 19.1 Å². The predicted octanol–water partition coefficient (Wildman–Crippen LogP) is 11.8. The lowest BCUT2D eigenvalue weighted by Gasteiger charge is -2.20. The van der Waals surface area contributed by atoms with Crippen molar-refractivity contribution in [1.82, 2.24) is 0 Å². The van der Waals surface area contributed by atoms with E-state index in [0.717, 1.165) is 89.9 Å². The Kier molecular flexibility index (Phi) is 40.2. The van der Waals surface area contributed by atoms with Gasteiger partial charge in [0.1, 0.15) is 12.7 Å². The van der Waals surface area contributed by atoms with Crippen molar-refractivity contribution in [3.05, 3.63) is 85.1 Å². The molecule has 0 heterocycles. The lowest BCUT2D eigenvalue weighted by atomic mass is 10.1. The fourth-order valence-electron chi connectivity index (χ4n) is 5.51. The van der Waals surface area contributed by atoms with Crippen LogP contribution in [-0.4, -0.2) is 65.7 Å². The highest BCUT2D eigenvalue weighted by Crippen LogP contribution is 2.43. The summed E-state index contributed by atoms with van der Waals surface area (Å²) in [7, 11) is -4.63. The van der Waals surface area contributed by atoms with Crippen LogP contribution in [0.5, 0.6) is 0 Å². The van der Waals surface area contributed by atoms with E-state index in [9.17, 15) is 24.2 Å². The Morgan fingerprint density at radius 1 is 0.534 bits per heavy atom. The third kappa shape index (κ3) is 41.3. The van der Waals surface area contributed by atoms with Crippen molar-refractivity contribution < 1.29 is 47.8 Å². The summed E-state index contributed by atoms with van der Waals surface area (Å²) in [5, 5.41) is 18.3. The number of unbranched alkanes of at least 4 members (excludes halogenated alkanes) is 14. The molecule has 0 aliphatic rings. The number of esters is 2. The Hall–Kier alpha value is -2.85. The molecule has 0 aromatic heterocycles. The first kappa shape index (κ1) is 55.2. The summed E-state index contributed by atoms with van der Waals surface area (Å²) in [5.41, 5.74) is 0. The number of carbonyl (C=O) groups excluding carboxylic acids is 2. The molecule has 332 valence electrons. The van der Waals surface area contributed by atoms with Crippen LogP contribution in [0.2, 0.25) is 0 Å². The summed E-state index contributed by atoms with van der Waals surface area (Å²) in [4.78, 5) is 35.0. The summed E-state index contributed by atoms with van der Waals surface area (Å²) in [5.74, 6) is -0.963. The van der Waals surface area contributed by atoms with Gasteiger partial charge in [-0.3, -0.25) is 18.6 Å². The molecule has 0 rings (SSSR count). The quantitative estimate of drug-likeness (QED) is 0.0179. The molecule has 0 bridgehead atoms. The number of ether oxygens (including phenoxy) is 2.